The molecule has 0 bridgehead atoms. The van der Waals surface area contributed by atoms with Crippen molar-refractivity contribution in [1.82, 2.24) is 4.90 Å². The van der Waals surface area contributed by atoms with Gasteiger partial charge in [0, 0.05) is 6.54 Å². The molecule has 0 radical (unpaired) electrons. The van der Waals surface area contributed by atoms with Crippen LogP contribution in [-0.2, 0) is 14.4 Å². The molecule has 0 spiro atoms. The van der Waals surface area contributed by atoms with E-state index >= 15 is 0 Å². The fourth-order valence-electron chi connectivity index (χ4n) is 2.99. The highest BCUT2D eigenvalue weighted by atomic mass is 16.5. The highest BCUT2D eigenvalue weighted by Gasteiger charge is 2.36. The van der Waals surface area contributed by atoms with Crippen LogP contribution in [0.1, 0.15) is 25.7 Å². The molecule has 2 amide bonds. The van der Waals surface area contributed by atoms with Gasteiger partial charge in [0.15, 0.2) is 6.10 Å². The first kappa shape index (κ1) is 15.3. The smallest absolute Gasteiger partial charge is 0.326 e. The molecule has 1 fully saturated rings. The number of para-hydroxylation sites is 2. The fraction of sp³-hybridized carbons (Fsp3) is 0.438. The standard InChI is InChI=1S/C16H18N2O5/c19-14(18-8-4-3-6-11(18)16(21)22)9-13-15(20)17-10-5-1-2-7-12(10)23-13/h1-2,5,7,11,13H,3-4,6,8-9H2,(H,17,20)(H,21,22)/t11-,13?/m1/s1. The van der Waals surface area contributed by atoms with Crippen LogP contribution in [0, 0.1) is 0 Å². The predicted octanol–water partition coefficient (Wildman–Crippen LogP) is 1.24. The minimum Gasteiger partial charge on any atom is -0.480 e. The SMILES string of the molecule is O=C1Nc2ccccc2OC1CC(=O)N1CCCC[C@@H]1C(=O)O. The Labute approximate surface area is 133 Å². The van der Waals surface area contributed by atoms with E-state index in [1.54, 1.807) is 24.3 Å². The third-order valence-electron chi connectivity index (χ3n) is 4.17. The molecule has 2 heterocycles. The average Bonchev–Trinajstić information content (AvgIpc) is 2.55. The lowest BCUT2D eigenvalue weighted by Crippen LogP contribution is -2.50. The van der Waals surface area contributed by atoms with Gasteiger partial charge in [0.1, 0.15) is 11.8 Å². The molecule has 2 aliphatic rings. The summed E-state index contributed by atoms with van der Waals surface area (Å²) in [7, 11) is 0. The molecule has 2 atom stereocenters. The van der Waals surface area contributed by atoms with Crippen molar-refractivity contribution >= 4 is 23.5 Å². The van der Waals surface area contributed by atoms with Crippen LogP contribution in [0.3, 0.4) is 0 Å². The second-order valence-corrected chi connectivity index (χ2v) is 5.73. The first-order valence-electron chi connectivity index (χ1n) is 7.65. The van der Waals surface area contributed by atoms with Crippen LogP contribution >= 0.6 is 0 Å². The molecule has 1 aromatic carbocycles. The molecule has 0 saturated carbocycles. The zero-order valence-electron chi connectivity index (χ0n) is 12.5. The van der Waals surface area contributed by atoms with E-state index in [1.807, 2.05) is 0 Å². The number of nitrogens with zero attached hydrogens (tertiary/aromatic N) is 1. The Balaban J connectivity index is 1.70. The van der Waals surface area contributed by atoms with Gasteiger partial charge in [-0.25, -0.2) is 4.79 Å². The average molecular weight is 318 g/mol. The van der Waals surface area contributed by atoms with Crippen LogP contribution in [-0.4, -0.2) is 46.5 Å². The number of ether oxygens (including phenoxy) is 1. The maximum atomic E-state index is 12.4. The Morgan fingerprint density at radius 3 is 2.87 bits per heavy atom. The number of carbonyl (C=O) groups excluding carboxylic acids is 2. The van der Waals surface area contributed by atoms with E-state index in [2.05, 4.69) is 5.32 Å². The van der Waals surface area contributed by atoms with Crippen LogP contribution in [0.15, 0.2) is 24.3 Å². The van der Waals surface area contributed by atoms with E-state index in [0.29, 0.717) is 24.4 Å². The van der Waals surface area contributed by atoms with E-state index in [9.17, 15) is 19.5 Å². The van der Waals surface area contributed by atoms with Gasteiger partial charge in [-0.15, -0.1) is 0 Å². The maximum absolute atomic E-state index is 12.4. The monoisotopic (exact) mass is 318 g/mol. The predicted molar refractivity (Wildman–Crippen MR) is 81.1 cm³/mol. The summed E-state index contributed by atoms with van der Waals surface area (Å²) in [5.41, 5.74) is 0.572. The van der Waals surface area contributed by atoms with Gasteiger partial charge in [-0.05, 0) is 31.4 Å². The van der Waals surface area contributed by atoms with Gasteiger partial charge in [0.05, 0.1) is 12.1 Å². The van der Waals surface area contributed by atoms with Crippen molar-refractivity contribution in [2.45, 2.75) is 37.8 Å². The second-order valence-electron chi connectivity index (χ2n) is 5.73. The quantitative estimate of drug-likeness (QED) is 0.874. The minimum absolute atomic E-state index is 0.163. The van der Waals surface area contributed by atoms with Crippen molar-refractivity contribution < 1.29 is 24.2 Å². The zero-order chi connectivity index (χ0) is 16.4. The number of carboxylic acid groups (broad SMARTS) is 1. The molecule has 23 heavy (non-hydrogen) atoms. The highest BCUT2D eigenvalue weighted by molar-refractivity contribution is 6.00. The van der Waals surface area contributed by atoms with E-state index in [4.69, 9.17) is 4.74 Å². The van der Waals surface area contributed by atoms with E-state index in [0.717, 1.165) is 12.8 Å². The zero-order valence-corrected chi connectivity index (χ0v) is 12.5. The largest absolute Gasteiger partial charge is 0.480 e. The number of piperidine rings is 1. The van der Waals surface area contributed by atoms with Crippen molar-refractivity contribution in [3.63, 3.8) is 0 Å². The summed E-state index contributed by atoms with van der Waals surface area (Å²) in [6, 6.07) is 6.18. The van der Waals surface area contributed by atoms with Gasteiger partial charge >= 0.3 is 5.97 Å². The lowest BCUT2D eigenvalue weighted by atomic mass is 10.0. The normalized spacial score (nSPS) is 23.5. The van der Waals surface area contributed by atoms with Crippen molar-refractivity contribution in [2.24, 2.45) is 0 Å². The van der Waals surface area contributed by atoms with Crippen LogP contribution < -0.4 is 10.1 Å². The summed E-state index contributed by atoms with van der Waals surface area (Å²) < 4.78 is 5.59. The second kappa shape index (κ2) is 6.28. The molecule has 0 aromatic heterocycles. The number of carbonyl (C=O) groups is 3. The number of amides is 2. The molecule has 7 nitrogen and oxygen atoms in total. The molecular formula is C16H18N2O5. The van der Waals surface area contributed by atoms with Crippen LogP contribution in [0.25, 0.3) is 0 Å². The third kappa shape index (κ3) is 3.13. The topological polar surface area (TPSA) is 95.9 Å². The van der Waals surface area contributed by atoms with Crippen molar-refractivity contribution in [3.05, 3.63) is 24.3 Å². The minimum atomic E-state index is -1.00. The van der Waals surface area contributed by atoms with E-state index in [1.165, 1.54) is 4.90 Å². The number of nitrogens with one attached hydrogen (secondary N) is 1. The summed E-state index contributed by atoms with van der Waals surface area (Å²) in [6.07, 6.45) is 0.907. The van der Waals surface area contributed by atoms with Gasteiger partial charge in [-0.1, -0.05) is 12.1 Å². The Kier molecular flexibility index (Phi) is 4.18. The van der Waals surface area contributed by atoms with Crippen molar-refractivity contribution in [2.75, 3.05) is 11.9 Å². The summed E-state index contributed by atoms with van der Waals surface area (Å²) in [5.74, 6) is -1.24. The first-order chi connectivity index (χ1) is 11.1. The Hall–Kier alpha value is -2.57. The van der Waals surface area contributed by atoms with E-state index < -0.39 is 18.1 Å². The van der Waals surface area contributed by atoms with Gasteiger partial charge in [-0.3, -0.25) is 9.59 Å². The molecule has 1 unspecified atom stereocenters. The number of likely N-dealkylation sites (tertiary alicyclic amines) is 1. The number of hydrogen-bond donors (Lipinski definition) is 2. The molecule has 122 valence electrons. The molecule has 7 heteroatoms. The lowest BCUT2D eigenvalue weighted by molar-refractivity contribution is -0.153. The fourth-order valence-corrected chi connectivity index (χ4v) is 2.99. The molecular weight excluding hydrogens is 300 g/mol. The van der Waals surface area contributed by atoms with Crippen molar-refractivity contribution in [1.29, 1.82) is 0 Å². The molecule has 0 aliphatic carbocycles. The van der Waals surface area contributed by atoms with Gasteiger partial charge in [-0.2, -0.15) is 0 Å². The third-order valence-corrected chi connectivity index (χ3v) is 4.17. The molecule has 2 aliphatic heterocycles. The molecule has 1 aromatic rings. The number of rotatable bonds is 3. The summed E-state index contributed by atoms with van der Waals surface area (Å²) in [4.78, 5) is 37.1. The number of anilines is 1. The maximum Gasteiger partial charge on any atom is 0.326 e. The first-order valence-corrected chi connectivity index (χ1v) is 7.65. The highest BCUT2D eigenvalue weighted by Crippen LogP contribution is 2.30. The Morgan fingerprint density at radius 2 is 2.09 bits per heavy atom. The number of benzene rings is 1. The Morgan fingerprint density at radius 1 is 1.30 bits per heavy atom. The lowest BCUT2D eigenvalue weighted by Gasteiger charge is -2.34. The van der Waals surface area contributed by atoms with Crippen molar-refractivity contribution in [3.8, 4) is 5.75 Å². The number of carboxylic acids is 1. The van der Waals surface area contributed by atoms with Gasteiger partial charge < -0.3 is 20.1 Å². The molecule has 2 N–H and O–H groups in total. The summed E-state index contributed by atoms with van der Waals surface area (Å²) in [6.45, 7) is 0.403. The summed E-state index contributed by atoms with van der Waals surface area (Å²) >= 11 is 0. The number of fused-ring (bicyclic) bond motifs is 1. The van der Waals surface area contributed by atoms with Crippen LogP contribution in [0.4, 0.5) is 5.69 Å². The van der Waals surface area contributed by atoms with Crippen LogP contribution in [0.5, 0.6) is 5.75 Å². The molecule has 3 rings (SSSR count). The summed E-state index contributed by atoms with van der Waals surface area (Å²) in [5, 5.41) is 11.9. The number of aliphatic carboxylic acids is 1. The van der Waals surface area contributed by atoms with Gasteiger partial charge in [0.25, 0.3) is 5.91 Å². The van der Waals surface area contributed by atoms with Crippen LogP contribution in [0.2, 0.25) is 0 Å². The molecule has 1 saturated heterocycles. The van der Waals surface area contributed by atoms with E-state index in [-0.39, 0.29) is 18.2 Å². The number of hydrogen-bond acceptors (Lipinski definition) is 4. The Bertz CT molecular complexity index is 645. The van der Waals surface area contributed by atoms with Gasteiger partial charge in [0.2, 0.25) is 5.91 Å².